The van der Waals surface area contributed by atoms with Crippen LogP contribution in [0.25, 0.3) is 10.2 Å². The Morgan fingerprint density at radius 2 is 1.92 bits per heavy atom. The summed E-state index contributed by atoms with van der Waals surface area (Å²) >= 11 is 1.57. The van der Waals surface area contributed by atoms with E-state index in [9.17, 15) is 14.7 Å². The fourth-order valence-corrected chi connectivity index (χ4v) is 2.89. The lowest BCUT2D eigenvalue weighted by molar-refractivity contribution is -0.155. The maximum Gasteiger partial charge on any atom is 0.337 e. The van der Waals surface area contributed by atoms with Crippen LogP contribution in [0.3, 0.4) is 0 Å². The minimum Gasteiger partial charge on any atom is -0.479 e. The zero-order chi connectivity index (χ0) is 18.1. The molecule has 7 nitrogen and oxygen atoms in total. The number of aromatic nitrogens is 1. The largest absolute Gasteiger partial charge is 0.479 e. The SMILES string of the molecule is CC(O)(CNC(=O)Nc1ccc2nc(C(C)(C)C)sc2c1)C(=O)O. The standard InChI is InChI=1S/C16H21N3O4S/c1-15(2,3)12-19-10-6-5-9(7-11(10)24-12)18-14(22)17-8-16(4,23)13(20)21/h5-7,23H,8H2,1-4H3,(H,20,21)(H2,17,18,22). The van der Waals surface area contributed by atoms with Crippen molar-refractivity contribution in [1.82, 2.24) is 10.3 Å². The van der Waals surface area contributed by atoms with Gasteiger partial charge in [-0.05, 0) is 25.1 Å². The molecule has 4 N–H and O–H groups in total. The highest BCUT2D eigenvalue weighted by Gasteiger charge is 2.30. The van der Waals surface area contributed by atoms with Gasteiger partial charge >= 0.3 is 12.0 Å². The normalized spacial score (nSPS) is 14.2. The molecule has 2 amide bonds. The molecule has 1 unspecified atom stereocenters. The van der Waals surface area contributed by atoms with Crippen LogP contribution < -0.4 is 10.6 Å². The smallest absolute Gasteiger partial charge is 0.337 e. The second-order valence-electron chi connectivity index (χ2n) is 6.84. The zero-order valence-electron chi connectivity index (χ0n) is 14.0. The van der Waals surface area contributed by atoms with Crippen LogP contribution in [0.2, 0.25) is 0 Å². The molecule has 1 atom stereocenters. The molecule has 130 valence electrons. The van der Waals surface area contributed by atoms with Gasteiger partial charge in [-0.3, -0.25) is 0 Å². The molecule has 0 bridgehead atoms. The van der Waals surface area contributed by atoms with Crippen LogP contribution in [-0.4, -0.2) is 39.3 Å². The summed E-state index contributed by atoms with van der Waals surface area (Å²) < 4.78 is 0.954. The van der Waals surface area contributed by atoms with E-state index < -0.39 is 24.1 Å². The van der Waals surface area contributed by atoms with Crippen molar-refractivity contribution in [2.24, 2.45) is 0 Å². The third-order valence-electron chi connectivity index (χ3n) is 3.34. The minimum absolute atomic E-state index is 0.0446. The van der Waals surface area contributed by atoms with Gasteiger partial charge in [0.15, 0.2) is 5.60 Å². The summed E-state index contributed by atoms with van der Waals surface area (Å²) in [4.78, 5) is 27.2. The number of thiazole rings is 1. The van der Waals surface area contributed by atoms with Crippen molar-refractivity contribution in [3.05, 3.63) is 23.2 Å². The summed E-state index contributed by atoms with van der Waals surface area (Å²) in [5.74, 6) is -1.40. The van der Waals surface area contributed by atoms with Crippen LogP contribution in [0.1, 0.15) is 32.7 Å². The van der Waals surface area contributed by atoms with E-state index in [1.165, 1.54) is 0 Å². The van der Waals surface area contributed by atoms with Crippen LogP contribution in [0.5, 0.6) is 0 Å². The molecular weight excluding hydrogens is 330 g/mol. The lowest BCUT2D eigenvalue weighted by Crippen LogP contribution is -2.47. The topological polar surface area (TPSA) is 112 Å². The molecule has 1 aromatic carbocycles. The number of amides is 2. The molecule has 1 aromatic heterocycles. The highest BCUT2D eigenvalue weighted by molar-refractivity contribution is 7.18. The number of nitrogens with zero attached hydrogens (tertiary/aromatic N) is 1. The number of benzene rings is 1. The van der Waals surface area contributed by atoms with Gasteiger partial charge < -0.3 is 20.8 Å². The monoisotopic (exact) mass is 351 g/mol. The van der Waals surface area contributed by atoms with Gasteiger partial charge in [0.1, 0.15) is 0 Å². The third-order valence-corrected chi connectivity index (χ3v) is 4.79. The molecule has 0 aliphatic carbocycles. The van der Waals surface area contributed by atoms with Gasteiger partial charge in [0, 0.05) is 11.1 Å². The number of hydrogen-bond donors (Lipinski definition) is 4. The van der Waals surface area contributed by atoms with Crippen molar-refractivity contribution in [2.45, 2.75) is 38.7 Å². The first-order valence-electron chi connectivity index (χ1n) is 7.41. The van der Waals surface area contributed by atoms with Gasteiger partial charge in [0.2, 0.25) is 0 Å². The quantitative estimate of drug-likeness (QED) is 0.676. The summed E-state index contributed by atoms with van der Waals surface area (Å²) in [6.45, 7) is 6.99. The molecule has 0 radical (unpaired) electrons. The Kier molecular flexibility index (Phi) is 4.82. The van der Waals surface area contributed by atoms with Crippen molar-refractivity contribution < 1.29 is 19.8 Å². The molecule has 1 heterocycles. The first kappa shape index (κ1) is 18.2. The zero-order valence-corrected chi connectivity index (χ0v) is 14.8. The van der Waals surface area contributed by atoms with E-state index in [1.807, 2.05) is 12.1 Å². The van der Waals surface area contributed by atoms with Crippen molar-refractivity contribution in [1.29, 1.82) is 0 Å². The van der Waals surface area contributed by atoms with Gasteiger partial charge in [-0.1, -0.05) is 20.8 Å². The number of carbonyl (C=O) groups excluding carboxylic acids is 1. The van der Waals surface area contributed by atoms with Gasteiger partial charge in [-0.25, -0.2) is 14.6 Å². The Labute approximate surface area is 143 Å². The molecule has 8 heteroatoms. The number of rotatable bonds is 4. The summed E-state index contributed by atoms with van der Waals surface area (Å²) in [5, 5.41) is 24.3. The van der Waals surface area contributed by atoms with Gasteiger partial charge in [-0.2, -0.15) is 0 Å². The summed E-state index contributed by atoms with van der Waals surface area (Å²) in [5.41, 5.74) is -0.624. The fourth-order valence-electron chi connectivity index (χ4n) is 1.83. The van der Waals surface area contributed by atoms with E-state index in [-0.39, 0.29) is 5.41 Å². The minimum atomic E-state index is -2.01. The molecule has 0 aliphatic rings. The lowest BCUT2D eigenvalue weighted by Gasteiger charge is -2.18. The van der Waals surface area contributed by atoms with Crippen LogP contribution >= 0.6 is 11.3 Å². The fraction of sp³-hybridized carbons (Fsp3) is 0.438. The molecule has 0 aliphatic heterocycles. The number of urea groups is 1. The Hall–Kier alpha value is -2.19. The van der Waals surface area contributed by atoms with E-state index in [0.29, 0.717) is 5.69 Å². The Bertz CT molecular complexity index is 777. The molecular formula is C16H21N3O4S. The molecule has 0 spiro atoms. The summed E-state index contributed by atoms with van der Waals surface area (Å²) in [6.07, 6.45) is 0. The van der Waals surface area contributed by atoms with E-state index in [2.05, 4.69) is 36.4 Å². The Morgan fingerprint density at radius 3 is 2.50 bits per heavy atom. The number of hydrogen-bond acceptors (Lipinski definition) is 5. The summed E-state index contributed by atoms with van der Waals surface area (Å²) in [6, 6.07) is 4.78. The second kappa shape index (κ2) is 6.37. The third kappa shape index (κ3) is 4.21. The maximum atomic E-state index is 11.8. The second-order valence-corrected chi connectivity index (χ2v) is 7.87. The summed E-state index contributed by atoms with van der Waals surface area (Å²) in [7, 11) is 0. The van der Waals surface area contributed by atoms with Gasteiger partial charge in [-0.15, -0.1) is 11.3 Å². The van der Waals surface area contributed by atoms with Crippen molar-refractivity contribution in [2.75, 3.05) is 11.9 Å². The molecule has 0 saturated carbocycles. The molecule has 2 aromatic rings. The number of carboxylic acid groups (broad SMARTS) is 1. The van der Waals surface area contributed by atoms with E-state index in [4.69, 9.17) is 5.11 Å². The van der Waals surface area contributed by atoms with Crippen LogP contribution in [0, 0.1) is 0 Å². The van der Waals surface area contributed by atoms with E-state index >= 15 is 0 Å². The predicted molar refractivity (Wildman–Crippen MR) is 93.6 cm³/mol. The first-order chi connectivity index (χ1) is 11.0. The number of nitrogens with one attached hydrogen (secondary N) is 2. The van der Waals surface area contributed by atoms with Gasteiger partial charge in [0.05, 0.1) is 21.8 Å². The molecule has 0 fully saturated rings. The number of carboxylic acids is 1. The highest BCUT2D eigenvalue weighted by Crippen LogP contribution is 2.32. The Balaban J connectivity index is 2.07. The molecule has 2 rings (SSSR count). The van der Waals surface area contributed by atoms with Crippen LogP contribution in [-0.2, 0) is 10.2 Å². The number of fused-ring (bicyclic) bond motifs is 1. The highest BCUT2D eigenvalue weighted by atomic mass is 32.1. The average Bonchev–Trinajstić information content (AvgIpc) is 2.88. The first-order valence-corrected chi connectivity index (χ1v) is 8.22. The predicted octanol–water partition coefficient (Wildman–Crippen LogP) is 2.55. The van der Waals surface area contributed by atoms with E-state index in [1.54, 1.807) is 17.4 Å². The Morgan fingerprint density at radius 1 is 1.25 bits per heavy atom. The molecule has 0 saturated heterocycles. The number of anilines is 1. The number of aliphatic hydroxyl groups is 1. The number of carbonyl (C=O) groups is 2. The van der Waals surface area contributed by atoms with Crippen molar-refractivity contribution in [3.8, 4) is 0 Å². The van der Waals surface area contributed by atoms with Gasteiger partial charge in [0.25, 0.3) is 0 Å². The van der Waals surface area contributed by atoms with Crippen molar-refractivity contribution >= 4 is 39.2 Å². The molecule has 24 heavy (non-hydrogen) atoms. The lowest BCUT2D eigenvalue weighted by atomic mass is 9.98. The van der Waals surface area contributed by atoms with Crippen LogP contribution in [0.15, 0.2) is 18.2 Å². The number of aliphatic carboxylic acids is 1. The maximum absolute atomic E-state index is 11.8. The van der Waals surface area contributed by atoms with E-state index in [0.717, 1.165) is 22.1 Å². The average molecular weight is 351 g/mol. The van der Waals surface area contributed by atoms with Crippen molar-refractivity contribution in [3.63, 3.8) is 0 Å². The van der Waals surface area contributed by atoms with Crippen LogP contribution in [0.4, 0.5) is 10.5 Å².